The minimum atomic E-state index is -0.723. The first kappa shape index (κ1) is 10.9. The van der Waals surface area contributed by atoms with Crippen molar-refractivity contribution in [3.8, 4) is 0 Å². The molecule has 0 amide bonds. The van der Waals surface area contributed by atoms with E-state index in [1.165, 1.54) is 0 Å². The summed E-state index contributed by atoms with van der Waals surface area (Å²) in [6.07, 6.45) is 7.33. The minimum absolute atomic E-state index is 0.384. The number of rotatable bonds is 2. The molecule has 1 unspecified atom stereocenters. The van der Waals surface area contributed by atoms with E-state index in [9.17, 15) is 9.90 Å². The van der Waals surface area contributed by atoms with E-state index >= 15 is 0 Å². The molecule has 4 nitrogen and oxygen atoms in total. The summed E-state index contributed by atoms with van der Waals surface area (Å²) in [6.45, 7) is 0.820. The number of aromatic nitrogens is 1. The SMILES string of the molecule is O=C(O)C1CCCCCN1c1ccncc1. The van der Waals surface area contributed by atoms with Crippen molar-refractivity contribution < 1.29 is 9.90 Å². The highest BCUT2D eigenvalue weighted by Gasteiger charge is 2.26. The summed E-state index contributed by atoms with van der Waals surface area (Å²) < 4.78 is 0. The van der Waals surface area contributed by atoms with E-state index < -0.39 is 5.97 Å². The van der Waals surface area contributed by atoms with Crippen LogP contribution < -0.4 is 4.90 Å². The molecule has 16 heavy (non-hydrogen) atoms. The zero-order valence-corrected chi connectivity index (χ0v) is 9.17. The number of aliphatic carboxylic acids is 1. The van der Waals surface area contributed by atoms with Crippen molar-refractivity contribution in [3.63, 3.8) is 0 Å². The molecule has 0 aliphatic carbocycles. The minimum Gasteiger partial charge on any atom is -0.480 e. The summed E-state index contributed by atoms with van der Waals surface area (Å²) in [5, 5.41) is 9.24. The molecule has 0 radical (unpaired) electrons. The third-order valence-electron chi connectivity index (χ3n) is 3.03. The van der Waals surface area contributed by atoms with E-state index in [2.05, 4.69) is 4.98 Å². The van der Waals surface area contributed by atoms with Crippen molar-refractivity contribution in [2.24, 2.45) is 0 Å². The van der Waals surface area contributed by atoms with Gasteiger partial charge in [-0.1, -0.05) is 12.8 Å². The third-order valence-corrected chi connectivity index (χ3v) is 3.03. The molecule has 1 saturated heterocycles. The van der Waals surface area contributed by atoms with Crippen molar-refractivity contribution in [2.75, 3.05) is 11.4 Å². The Balaban J connectivity index is 2.24. The lowest BCUT2D eigenvalue weighted by molar-refractivity contribution is -0.138. The third kappa shape index (κ3) is 2.32. The monoisotopic (exact) mass is 220 g/mol. The van der Waals surface area contributed by atoms with Gasteiger partial charge >= 0.3 is 5.97 Å². The maximum absolute atomic E-state index is 11.2. The van der Waals surface area contributed by atoms with Gasteiger partial charge in [0.25, 0.3) is 0 Å². The second kappa shape index (κ2) is 4.96. The van der Waals surface area contributed by atoms with Crippen LogP contribution in [0.5, 0.6) is 0 Å². The molecule has 0 saturated carbocycles. The topological polar surface area (TPSA) is 53.4 Å². The average molecular weight is 220 g/mol. The molecule has 1 aliphatic rings. The number of nitrogens with zero attached hydrogens (tertiary/aromatic N) is 2. The highest BCUT2D eigenvalue weighted by molar-refractivity contribution is 5.78. The fraction of sp³-hybridized carbons (Fsp3) is 0.500. The Bertz CT molecular complexity index is 353. The maximum atomic E-state index is 11.2. The molecule has 2 heterocycles. The van der Waals surface area contributed by atoms with Crippen LogP contribution in [-0.2, 0) is 4.79 Å². The Morgan fingerprint density at radius 1 is 1.31 bits per heavy atom. The zero-order valence-electron chi connectivity index (χ0n) is 9.17. The normalized spacial score (nSPS) is 21.5. The second-order valence-electron chi connectivity index (χ2n) is 4.10. The largest absolute Gasteiger partial charge is 0.480 e. The van der Waals surface area contributed by atoms with Gasteiger partial charge < -0.3 is 10.0 Å². The molecule has 0 bridgehead atoms. The fourth-order valence-corrected chi connectivity index (χ4v) is 2.21. The van der Waals surface area contributed by atoms with Crippen LogP contribution in [0.15, 0.2) is 24.5 Å². The van der Waals surface area contributed by atoms with E-state index in [0.29, 0.717) is 0 Å². The number of hydrogen-bond donors (Lipinski definition) is 1. The lowest BCUT2D eigenvalue weighted by atomic mass is 10.1. The molecule has 2 rings (SSSR count). The molecule has 1 atom stereocenters. The molecule has 86 valence electrons. The Morgan fingerprint density at radius 3 is 2.75 bits per heavy atom. The van der Waals surface area contributed by atoms with Crippen molar-refractivity contribution in [3.05, 3.63) is 24.5 Å². The van der Waals surface area contributed by atoms with E-state index in [4.69, 9.17) is 0 Å². The van der Waals surface area contributed by atoms with Gasteiger partial charge in [0.1, 0.15) is 6.04 Å². The number of pyridine rings is 1. The van der Waals surface area contributed by atoms with Gasteiger partial charge in [-0.2, -0.15) is 0 Å². The molecule has 0 spiro atoms. The lowest BCUT2D eigenvalue weighted by Crippen LogP contribution is -2.40. The van der Waals surface area contributed by atoms with Gasteiger partial charge in [-0.25, -0.2) is 4.79 Å². The molecule has 1 N–H and O–H groups in total. The van der Waals surface area contributed by atoms with Crippen LogP contribution in [0.1, 0.15) is 25.7 Å². The van der Waals surface area contributed by atoms with E-state index in [1.807, 2.05) is 17.0 Å². The zero-order chi connectivity index (χ0) is 11.4. The summed E-state index contributed by atoms with van der Waals surface area (Å²) in [6, 6.07) is 3.37. The summed E-state index contributed by atoms with van der Waals surface area (Å²) in [4.78, 5) is 17.2. The van der Waals surface area contributed by atoms with Crippen LogP contribution in [0.2, 0.25) is 0 Å². The molecule has 0 aromatic carbocycles. The van der Waals surface area contributed by atoms with Gasteiger partial charge in [-0.05, 0) is 25.0 Å². The van der Waals surface area contributed by atoms with Crippen molar-refractivity contribution in [1.29, 1.82) is 0 Å². The van der Waals surface area contributed by atoms with Gasteiger partial charge in [0.2, 0.25) is 0 Å². The van der Waals surface area contributed by atoms with Gasteiger partial charge in [0.05, 0.1) is 0 Å². The number of anilines is 1. The van der Waals surface area contributed by atoms with E-state index in [-0.39, 0.29) is 6.04 Å². The predicted molar refractivity (Wildman–Crippen MR) is 61.5 cm³/mol. The summed E-state index contributed by atoms with van der Waals surface area (Å²) in [7, 11) is 0. The highest BCUT2D eigenvalue weighted by atomic mass is 16.4. The van der Waals surface area contributed by atoms with Crippen molar-refractivity contribution in [2.45, 2.75) is 31.7 Å². The second-order valence-corrected chi connectivity index (χ2v) is 4.10. The first-order chi connectivity index (χ1) is 7.79. The average Bonchev–Trinajstić information content (AvgIpc) is 2.55. The molecule has 1 fully saturated rings. The first-order valence-electron chi connectivity index (χ1n) is 5.68. The number of carbonyl (C=O) groups is 1. The van der Waals surface area contributed by atoms with E-state index in [1.54, 1.807) is 12.4 Å². The first-order valence-corrected chi connectivity index (χ1v) is 5.68. The van der Waals surface area contributed by atoms with Crippen LogP contribution in [-0.4, -0.2) is 28.6 Å². The number of hydrogen-bond acceptors (Lipinski definition) is 3. The van der Waals surface area contributed by atoms with Crippen molar-refractivity contribution >= 4 is 11.7 Å². The maximum Gasteiger partial charge on any atom is 0.326 e. The van der Waals surface area contributed by atoms with Gasteiger partial charge in [-0.3, -0.25) is 4.98 Å². The molecule has 1 aromatic rings. The molecular formula is C12H16N2O2. The Hall–Kier alpha value is -1.58. The van der Waals surface area contributed by atoms with E-state index in [0.717, 1.165) is 37.9 Å². The fourth-order valence-electron chi connectivity index (χ4n) is 2.21. The van der Waals surface area contributed by atoms with Crippen LogP contribution in [0.25, 0.3) is 0 Å². The number of carboxylic acid groups (broad SMARTS) is 1. The molecular weight excluding hydrogens is 204 g/mol. The summed E-state index contributed by atoms with van der Waals surface area (Å²) >= 11 is 0. The van der Waals surface area contributed by atoms with Crippen LogP contribution >= 0.6 is 0 Å². The lowest BCUT2D eigenvalue weighted by Gasteiger charge is -2.28. The smallest absolute Gasteiger partial charge is 0.326 e. The Labute approximate surface area is 94.9 Å². The highest BCUT2D eigenvalue weighted by Crippen LogP contribution is 2.23. The Morgan fingerprint density at radius 2 is 2.06 bits per heavy atom. The van der Waals surface area contributed by atoms with Gasteiger partial charge in [-0.15, -0.1) is 0 Å². The van der Waals surface area contributed by atoms with Crippen LogP contribution in [0.3, 0.4) is 0 Å². The standard InChI is InChI=1S/C12H16N2O2/c15-12(16)11-4-2-1-3-9-14(11)10-5-7-13-8-6-10/h5-8,11H,1-4,9H2,(H,15,16). The summed E-state index contributed by atoms with van der Waals surface area (Å²) in [5.74, 6) is -0.723. The molecule has 1 aliphatic heterocycles. The van der Waals surface area contributed by atoms with Crippen LogP contribution in [0.4, 0.5) is 5.69 Å². The predicted octanol–water partition coefficient (Wildman–Crippen LogP) is 1.92. The summed E-state index contributed by atoms with van der Waals surface area (Å²) in [5.41, 5.74) is 0.962. The van der Waals surface area contributed by atoms with Crippen molar-refractivity contribution in [1.82, 2.24) is 4.98 Å². The Kier molecular flexibility index (Phi) is 3.39. The number of carboxylic acids is 1. The van der Waals surface area contributed by atoms with Gasteiger partial charge in [0.15, 0.2) is 0 Å². The van der Waals surface area contributed by atoms with Gasteiger partial charge in [0, 0.05) is 24.6 Å². The molecule has 4 heteroatoms. The molecule has 1 aromatic heterocycles. The quantitative estimate of drug-likeness (QED) is 0.827. The van der Waals surface area contributed by atoms with Crippen LogP contribution in [0, 0.1) is 0 Å².